The molecule has 80 valence electrons. The molecule has 0 aromatic carbocycles. The number of aliphatic hydroxyl groups is 3. The van der Waals surface area contributed by atoms with Gasteiger partial charge in [0, 0.05) is 0 Å². The van der Waals surface area contributed by atoms with Gasteiger partial charge in [0.1, 0.15) is 12.2 Å². The predicted octanol–water partition coefficient (Wildman–Crippen LogP) is -2.46. The summed E-state index contributed by atoms with van der Waals surface area (Å²) in [4.78, 5) is 10.9. The first-order valence-corrected chi connectivity index (χ1v) is 4.19. The minimum atomic E-state index is -1.41. The molecule has 2 rings (SSSR count). The highest BCUT2D eigenvalue weighted by Crippen LogP contribution is 2.34. The van der Waals surface area contributed by atoms with Gasteiger partial charge in [-0.05, 0) is 0 Å². The lowest BCUT2D eigenvalue weighted by Crippen LogP contribution is -2.51. The van der Waals surface area contributed by atoms with Gasteiger partial charge in [-0.3, -0.25) is 5.32 Å². The van der Waals surface area contributed by atoms with Crippen LogP contribution < -0.4 is 5.32 Å². The number of rotatable bonds is 2. The van der Waals surface area contributed by atoms with Crippen LogP contribution in [0, 0.1) is 0 Å². The van der Waals surface area contributed by atoms with Crippen molar-refractivity contribution in [2.45, 2.75) is 24.0 Å². The van der Waals surface area contributed by atoms with Crippen LogP contribution in [0.4, 0.5) is 4.79 Å². The van der Waals surface area contributed by atoms with Crippen LogP contribution in [0.1, 0.15) is 0 Å². The maximum Gasteiger partial charge on any atom is 0.410 e. The Bertz CT molecular complexity index is 259. The van der Waals surface area contributed by atoms with Gasteiger partial charge in [-0.1, -0.05) is 0 Å². The van der Waals surface area contributed by atoms with Crippen molar-refractivity contribution in [1.29, 1.82) is 0 Å². The fourth-order valence-electron chi connectivity index (χ4n) is 1.77. The van der Waals surface area contributed by atoms with Crippen molar-refractivity contribution < 1.29 is 29.6 Å². The van der Waals surface area contributed by atoms with E-state index in [1.54, 1.807) is 0 Å². The molecule has 2 saturated heterocycles. The first-order valence-electron chi connectivity index (χ1n) is 4.19. The molecule has 0 aromatic heterocycles. The molecule has 7 heteroatoms. The molecular formula is C7H11NO6. The van der Waals surface area contributed by atoms with E-state index in [4.69, 9.17) is 19.7 Å². The van der Waals surface area contributed by atoms with E-state index in [9.17, 15) is 9.90 Å². The van der Waals surface area contributed by atoms with Crippen LogP contribution in [0.5, 0.6) is 0 Å². The maximum absolute atomic E-state index is 10.9. The van der Waals surface area contributed by atoms with Gasteiger partial charge in [-0.15, -0.1) is 0 Å². The SMILES string of the molecule is O=C1N[C@]2(CO)O[C@H](CO)[C@@H](O)[C@@H]2O1. The van der Waals surface area contributed by atoms with Crippen molar-refractivity contribution in [2.24, 2.45) is 0 Å². The predicted molar refractivity (Wildman–Crippen MR) is 41.2 cm³/mol. The quantitative estimate of drug-likeness (QED) is 0.398. The smallest absolute Gasteiger partial charge is 0.410 e. The summed E-state index contributed by atoms with van der Waals surface area (Å²) in [5.74, 6) is 0. The number of alkyl carbamates (subject to hydrolysis) is 1. The second-order valence-electron chi connectivity index (χ2n) is 3.33. The van der Waals surface area contributed by atoms with Crippen LogP contribution in [-0.4, -0.2) is 58.7 Å². The molecule has 4 atom stereocenters. The Hall–Kier alpha value is -0.890. The van der Waals surface area contributed by atoms with Gasteiger partial charge in [-0.2, -0.15) is 0 Å². The average molecular weight is 205 g/mol. The summed E-state index contributed by atoms with van der Waals surface area (Å²) < 4.78 is 9.87. The van der Waals surface area contributed by atoms with Gasteiger partial charge in [0.25, 0.3) is 0 Å². The van der Waals surface area contributed by atoms with E-state index >= 15 is 0 Å². The highest BCUT2D eigenvalue weighted by atomic mass is 16.7. The van der Waals surface area contributed by atoms with E-state index in [0.29, 0.717) is 0 Å². The molecule has 2 aliphatic rings. The summed E-state index contributed by atoms with van der Waals surface area (Å²) in [5, 5.41) is 29.7. The first kappa shape index (κ1) is 9.66. The Labute approximate surface area is 79.2 Å². The summed E-state index contributed by atoms with van der Waals surface area (Å²) >= 11 is 0. The molecule has 14 heavy (non-hydrogen) atoms. The Morgan fingerprint density at radius 3 is 2.71 bits per heavy atom. The fourth-order valence-corrected chi connectivity index (χ4v) is 1.77. The molecule has 7 nitrogen and oxygen atoms in total. The lowest BCUT2D eigenvalue weighted by atomic mass is 10.0. The van der Waals surface area contributed by atoms with E-state index in [0.717, 1.165) is 0 Å². The zero-order chi connectivity index (χ0) is 10.3. The van der Waals surface area contributed by atoms with Crippen LogP contribution in [0.25, 0.3) is 0 Å². The van der Waals surface area contributed by atoms with Crippen LogP contribution in [0.2, 0.25) is 0 Å². The van der Waals surface area contributed by atoms with Gasteiger partial charge in [0.05, 0.1) is 13.2 Å². The lowest BCUT2D eigenvalue weighted by Gasteiger charge is -2.22. The molecule has 1 amide bonds. The zero-order valence-corrected chi connectivity index (χ0v) is 7.21. The summed E-state index contributed by atoms with van der Waals surface area (Å²) in [5.41, 5.74) is -1.41. The number of aliphatic hydroxyl groups excluding tert-OH is 3. The van der Waals surface area contributed by atoms with Crippen molar-refractivity contribution in [1.82, 2.24) is 5.32 Å². The highest BCUT2D eigenvalue weighted by molar-refractivity contribution is 5.71. The van der Waals surface area contributed by atoms with Crippen LogP contribution >= 0.6 is 0 Å². The van der Waals surface area contributed by atoms with E-state index in [-0.39, 0.29) is 0 Å². The molecular weight excluding hydrogens is 194 g/mol. The van der Waals surface area contributed by atoms with Crippen molar-refractivity contribution in [2.75, 3.05) is 13.2 Å². The van der Waals surface area contributed by atoms with Gasteiger partial charge >= 0.3 is 6.09 Å². The van der Waals surface area contributed by atoms with Crippen molar-refractivity contribution >= 4 is 6.09 Å². The number of carbonyl (C=O) groups excluding carboxylic acids is 1. The number of hydrogen-bond donors (Lipinski definition) is 4. The normalized spacial score (nSPS) is 45.9. The van der Waals surface area contributed by atoms with Crippen LogP contribution in [-0.2, 0) is 9.47 Å². The average Bonchev–Trinajstić information content (AvgIpc) is 2.62. The largest absolute Gasteiger partial charge is 0.438 e. The zero-order valence-electron chi connectivity index (χ0n) is 7.21. The van der Waals surface area contributed by atoms with E-state index < -0.39 is 43.3 Å². The van der Waals surface area contributed by atoms with E-state index in [1.807, 2.05) is 0 Å². The minimum Gasteiger partial charge on any atom is -0.438 e. The third-order valence-corrected chi connectivity index (χ3v) is 2.47. The number of ether oxygens (including phenoxy) is 2. The molecule has 0 aromatic rings. The fraction of sp³-hybridized carbons (Fsp3) is 0.857. The number of amides is 1. The van der Waals surface area contributed by atoms with Gasteiger partial charge in [-0.25, -0.2) is 4.79 Å². The Balaban J connectivity index is 2.24. The number of fused-ring (bicyclic) bond motifs is 1. The molecule has 2 fully saturated rings. The Morgan fingerprint density at radius 1 is 1.50 bits per heavy atom. The maximum atomic E-state index is 10.9. The first-order chi connectivity index (χ1) is 6.63. The lowest BCUT2D eigenvalue weighted by molar-refractivity contribution is -0.107. The summed E-state index contributed by atoms with van der Waals surface area (Å²) in [6.07, 6.45) is -3.71. The van der Waals surface area contributed by atoms with Crippen molar-refractivity contribution in [3.8, 4) is 0 Å². The second kappa shape index (κ2) is 3.06. The second-order valence-corrected chi connectivity index (χ2v) is 3.33. The van der Waals surface area contributed by atoms with Crippen molar-refractivity contribution in [3.63, 3.8) is 0 Å². The minimum absolute atomic E-state index is 0.404. The third kappa shape index (κ3) is 1.10. The van der Waals surface area contributed by atoms with Gasteiger partial charge in [0.2, 0.25) is 5.72 Å². The molecule has 2 heterocycles. The molecule has 0 radical (unpaired) electrons. The molecule has 0 unspecified atom stereocenters. The van der Waals surface area contributed by atoms with Gasteiger partial charge in [0.15, 0.2) is 6.10 Å². The molecule has 0 saturated carbocycles. The third-order valence-electron chi connectivity index (χ3n) is 2.47. The number of hydrogen-bond acceptors (Lipinski definition) is 6. The molecule has 0 bridgehead atoms. The summed E-state index contributed by atoms with van der Waals surface area (Å²) in [7, 11) is 0. The number of carbonyl (C=O) groups is 1. The van der Waals surface area contributed by atoms with Crippen LogP contribution in [0.15, 0.2) is 0 Å². The monoisotopic (exact) mass is 205 g/mol. The van der Waals surface area contributed by atoms with E-state index in [2.05, 4.69) is 5.32 Å². The summed E-state index contributed by atoms with van der Waals surface area (Å²) in [6, 6.07) is 0. The van der Waals surface area contributed by atoms with E-state index in [1.165, 1.54) is 0 Å². The molecule has 0 aliphatic carbocycles. The Kier molecular flexibility index (Phi) is 2.11. The topological polar surface area (TPSA) is 108 Å². The molecule has 0 spiro atoms. The summed E-state index contributed by atoms with van der Waals surface area (Å²) in [6.45, 7) is -0.921. The van der Waals surface area contributed by atoms with Crippen LogP contribution in [0.3, 0.4) is 0 Å². The van der Waals surface area contributed by atoms with Crippen molar-refractivity contribution in [3.05, 3.63) is 0 Å². The van der Waals surface area contributed by atoms with Gasteiger partial charge < -0.3 is 24.8 Å². The Morgan fingerprint density at radius 2 is 2.21 bits per heavy atom. The number of nitrogens with one attached hydrogen (secondary N) is 1. The standard InChI is InChI=1S/C7H11NO6/c9-1-3-4(11)5-7(2-10,14-3)8-6(12)13-5/h3-5,9-11H,1-2H2,(H,8,12)/t3-,4-,5+,7-/m1/s1. The molecule has 2 aliphatic heterocycles. The molecule has 4 N–H and O–H groups in total. The highest BCUT2D eigenvalue weighted by Gasteiger charge is 2.61.